The summed E-state index contributed by atoms with van der Waals surface area (Å²) in [5, 5.41) is 6.79. The van der Waals surface area contributed by atoms with Gasteiger partial charge < -0.3 is 10.2 Å². The number of nitrogens with zero attached hydrogens (tertiary/aromatic N) is 4. The molecule has 1 N–H and O–H groups in total. The van der Waals surface area contributed by atoms with Crippen molar-refractivity contribution in [1.82, 2.24) is 24.6 Å². The minimum absolute atomic E-state index is 0.119. The largest absolute Gasteiger partial charge is 0.354 e. The van der Waals surface area contributed by atoms with Crippen LogP contribution in [0.1, 0.15) is 37.8 Å². The van der Waals surface area contributed by atoms with Crippen LogP contribution in [-0.4, -0.2) is 50.7 Å². The van der Waals surface area contributed by atoms with Gasteiger partial charge in [-0.3, -0.25) is 14.2 Å². The van der Waals surface area contributed by atoms with Crippen molar-refractivity contribution in [2.24, 2.45) is 5.92 Å². The summed E-state index contributed by atoms with van der Waals surface area (Å²) in [4.78, 5) is 37.8. The van der Waals surface area contributed by atoms with E-state index in [0.29, 0.717) is 32.1 Å². The molecule has 122 valence electrons. The van der Waals surface area contributed by atoms with Crippen molar-refractivity contribution in [2.75, 3.05) is 19.6 Å². The van der Waals surface area contributed by atoms with Gasteiger partial charge in [-0.15, -0.1) is 5.10 Å². The van der Waals surface area contributed by atoms with Crippen molar-refractivity contribution in [3.8, 4) is 0 Å². The average molecular weight is 309 g/mol. The SMILES string of the molecule is CCN1CCn2c(nn(CC(=O)NCCC(C)C)c2=O)C1=O. The molecule has 2 heterocycles. The Kier molecular flexibility index (Phi) is 4.99. The first-order chi connectivity index (χ1) is 10.4. The van der Waals surface area contributed by atoms with Crippen LogP contribution in [0.4, 0.5) is 0 Å². The molecule has 0 fully saturated rings. The van der Waals surface area contributed by atoms with Crippen LogP contribution in [0, 0.1) is 5.92 Å². The van der Waals surface area contributed by atoms with Crippen LogP contribution in [-0.2, 0) is 17.9 Å². The van der Waals surface area contributed by atoms with Crippen LogP contribution in [0.25, 0.3) is 0 Å². The zero-order valence-electron chi connectivity index (χ0n) is 13.3. The Bertz CT molecular complexity index is 616. The molecule has 22 heavy (non-hydrogen) atoms. The maximum Gasteiger partial charge on any atom is 0.346 e. The fourth-order valence-corrected chi connectivity index (χ4v) is 2.36. The van der Waals surface area contributed by atoms with Gasteiger partial charge in [-0.25, -0.2) is 9.48 Å². The molecule has 8 nitrogen and oxygen atoms in total. The molecular formula is C14H23N5O3. The van der Waals surface area contributed by atoms with Crippen molar-refractivity contribution in [1.29, 1.82) is 0 Å². The number of amides is 2. The number of hydrogen-bond donors (Lipinski definition) is 1. The maximum atomic E-state index is 12.2. The third-order valence-corrected chi connectivity index (χ3v) is 3.71. The highest BCUT2D eigenvalue weighted by molar-refractivity contribution is 5.91. The number of likely N-dealkylation sites (N-methyl/N-ethyl adjacent to an activating group) is 1. The molecule has 1 aromatic heterocycles. The van der Waals surface area contributed by atoms with Gasteiger partial charge in [0.25, 0.3) is 5.91 Å². The van der Waals surface area contributed by atoms with E-state index in [0.717, 1.165) is 11.1 Å². The summed E-state index contributed by atoms with van der Waals surface area (Å²) in [5.74, 6) is 0.0940. The lowest BCUT2D eigenvalue weighted by Crippen LogP contribution is -2.43. The van der Waals surface area contributed by atoms with Crippen molar-refractivity contribution in [2.45, 2.75) is 40.3 Å². The first-order valence-corrected chi connectivity index (χ1v) is 7.67. The molecule has 0 atom stereocenters. The second kappa shape index (κ2) is 6.76. The van der Waals surface area contributed by atoms with E-state index in [9.17, 15) is 14.4 Å². The number of carbonyl (C=O) groups excluding carboxylic acids is 2. The quantitative estimate of drug-likeness (QED) is 0.780. The monoisotopic (exact) mass is 309 g/mol. The van der Waals surface area contributed by atoms with Crippen molar-refractivity contribution < 1.29 is 9.59 Å². The molecule has 0 saturated carbocycles. The second-order valence-corrected chi connectivity index (χ2v) is 5.83. The zero-order valence-corrected chi connectivity index (χ0v) is 13.3. The van der Waals surface area contributed by atoms with Gasteiger partial charge in [0.05, 0.1) is 0 Å². The first kappa shape index (κ1) is 16.3. The fourth-order valence-electron chi connectivity index (χ4n) is 2.36. The van der Waals surface area contributed by atoms with Crippen LogP contribution in [0.5, 0.6) is 0 Å². The Balaban J connectivity index is 2.06. The lowest BCUT2D eigenvalue weighted by Gasteiger charge is -2.24. The molecule has 0 spiro atoms. The highest BCUT2D eigenvalue weighted by atomic mass is 16.2. The summed E-state index contributed by atoms with van der Waals surface area (Å²) >= 11 is 0. The Labute approximate surface area is 129 Å². The lowest BCUT2D eigenvalue weighted by molar-refractivity contribution is -0.121. The minimum Gasteiger partial charge on any atom is -0.354 e. The predicted molar refractivity (Wildman–Crippen MR) is 80.5 cm³/mol. The van der Waals surface area contributed by atoms with Crippen LogP contribution < -0.4 is 11.0 Å². The number of hydrogen-bond acceptors (Lipinski definition) is 4. The van der Waals surface area contributed by atoms with Gasteiger partial charge in [0.1, 0.15) is 6.54 Å². The van der Waals surface area contributed by atoms with Gasteiger partial charge in [0.15, 0.2) is 0 Å². The van der Waals surface area contributed by atoms with E-state index in [-0.39, 0.29) is 24.2 Å². The van der Waals surface area contributed by atoms with Crippen molar-refractivity contribution in [3.05, 3.63) is 16.3 Å². The second-order valence-electron chi connectivity index (χ2n) is 5.83. The van der Waals surface area contributed by atoms with Crippen molar-refractivity contribution >= 4 is 11.8 Å². The third kappa shape index (κ3) is 3.37. The van der Waals surface area contributed by atoms with E-state index >= 15 is 0 Å². The van der Waals surface area contributed by atoms with Crippen LogP contribution in [0.15, 0.2) is 4.79 Å². The van der Waals surface area contributed by atoms with E-state index in [1.807, 2.05) is 6.92 Å². The molecule has 1 aromatic rings. The van der Waals surface area contributed by atoms with Crippen LogP contribution in [0.2, 0.25) is 0 Å². The normalized spacial score (nSPS) is 14.4. The van der Waals surface area contributed by atoms with E-state index in [1.165, 1.54) is 4.57 Å². The summed E-state index contributed by atoms with van der Waals surface area (Å²) in [5.41, 5.74) is -0.405. The Morgan fingerprint density at radius 2 is 2.05 bits per heavy atom. The van der Waals surface area contributed by atoms with E-state index in [4.69, 9.17) is 0 Å². The minimum atomic E-state index is -0.405. The van der Waals surface area contributed by atoms with Gasteiger partial charge in [0.2, 0.25) is 11.7 Å². The molecule has 8 heteroatoms. The Hall–Kier alpha value is -2.12. The molecule has 0 saturated heterocycles. The summed E-state index contributed by atoms with van der Waals surface area (Å²) in [6.45, 7) is 7.94. The number of aromatic nitrogens is 3. The van der Waals surface area contributed by atoms with Gasteiger partial charge >= 0.3 is 5.69 Å². The van der Waals surface area contributed by atoms with E-state index in [2.05, 4.69) is 24.3 Å². The Morgan fingerprint density at radius 1 is 1.32 bits per heavy atom. The topological polar surface area (TPSA) is 89.2 Å². The highest BCUT2D eigenvalue weighted by Gasteiger charge is 2.28. The number of fused-ring (bicyclic) bond motifs is 1. The van der Waals surface area contributed by atoms with E-state index < -0.39 is 5.69 Å². The average Bonchev–Trinajstić information content (AvgIpc) is 2.77. The standard InChI is InChI=1S/C14H23N5O3/c1-4-17-7-8-18-12(13(17)21)16-19(14(18)22)9-11(20)15-6-5-10(2)3/h10H,4-9H2,1-3H3,(H,15,20). The highest BCUT2D eigenvalue weighted by Crippen LogP contribution is 2.07. The molecule has 0 aromatic carbocycles. The van der Waals surface area contributed by atoms with Crippen molar-refractivity contribution in [3.63, 3.8) is 0 Å². The van der Waals surface area contributed by atoms with Gasteiger partial charge in [-0.1, -0.05) is 13.8 Å². The summed E-state index contributed by atoms with van der Waals surface area (Å²) in [6, 6.07) is 0. The molecule has 0 unspecified atom stereocenters. The van der Waals surface area contributed by atoms with Gasteiger partial charge in [-0.05, 0) is 19.3 Å². The van der Waals surface area contributed by atoms with Gasteiger partial charge in [0, 0.05) is 26.2 Å². The van der Waals surface area contributed by atoms with E-state index in [1.54, 1.807) is 4.90 Å². The van der Waals surface area contributed by atoms with Gasteiger partial charge in [-0.2, -0.15) is 0 Å². The van der Waals surface area contributed by atoms with Crippen LogP contribution >= 0.6 is 0 Å². The maximum absolute atomic E-state index is 12.2. The Morgan fingerprint density at radius 3 is 2.68 bits per heavy atom. The fraction of sp³-hybridized carbons (Fsp3) is 0.714. The summed E-state index contributed by atoms with van der Waals surface area (Å²) in [7, 11) is 0. The number of rotatable bonds is 6. The molecule has 0 bridgehead atoms. The molecule has 0 aliphatic carbocycles. The molecule has 2 amide bonds. The molecule has 2 rings (SSSR count). The summed E-state index contributed by atoms with van der Waals surface area (Å²) < 4.78 is 2.41. The lowest BCUT2D eigenvalue weighted by atomic mass is 10.1. The smallest absolute Gasteiger partial charge is 0.346 e. The first-order valence-electron chi connectivity index (χ1n) is 7.67. The summed E-state index contributed by atoms with van der Waals surface area (Å²) in [6.07, 6.45) is 0.879. The zero-order chi connectivity index (χ0) is 16.3. The third-order valence-electron chi connectivity index (χ3n) is 3.71. The number of nitrogens with one attached hydrogen (secondary N) is 1. The molecular weight excluding hydrogens is 286 g/mol. The molecule has 0 radical (unpaired) electrons. The number of carbonyl (C=O) groups is 2. The predicted octanol–water partition coefficient (Wildman–Crippen LogP) is -0.317. The van der Waals surface area contributed by atoms with Crippen LogP contribution in [0.3, 0.4) is 0 Å². The molecule has 1 aliphatic heterocycles. The molecule has 1 aliphatic rings.